The molecule has 0 bridgehead atoms. The predicted molar refractivity (Wildman–Crippen MR) is 85.7 cm³/mol. The van der Waals surface area contributed by atoms with Crippen LogP contribution in [0.25, 0.3) is 0 Å². The summed E-state index contributed by atoms with van der Waals surface area (Å²) in [5, 5.41) is 19.8. The first-order chi connectivity index (χ1) is 11.0. The summed E-state index contributed by atoms with van der Waals surface area (Å²) in [6.45, 7) is 2.55. The summed E-state index contributed by atoms with van der Waals surface area (Å²) in [7, 11) is 0. The summed E-state index contributed by atoms with van der Waals surface area (Å²) in [6.07, 6.45) is 3.79. The van der Waals surface area contributed by atoms with Gasteiger partial charge >= 0.3 is 5.97 Å². The van der Waals surface area contributed by atoms with Gasteiger partial charge < -0.3 is 15.5 Å². The molecular formula is C17H21NO5. The number of ketones is 2. The van der Waals surface area contributed by atoms with E-state index in [-0.39, 0.29) is 24.6 Å². The van der Waals surface area contributed by atoms with Crippen molar-refractivity contribution in [3.8, 4) is 0 Å². The van der Waals surface area contributed by atoms with Crippen molar-refractivity contribution < 1.29 is 24.6 Å². The first-order valence-electron chi connectivity index (χ1n) is 7.44. The maximum absolute atomic E-state index is 11.2. The zero-order valence-electron chi connectivity index (χ0n) is 13.0. The minimum absolute atomic E-state index is 0.0896. The summed E-state index contributed by atoms with van der Waals surface area (Å²) < 4.78 is 0. The first kappa shape index (κ1) is 18.7. The second kappa shape index (κ2) is 9.66. The van der Waals surface area contributed by atoms with Gasteiger partial charge in [-0.25, -0.2) is 0 Å². The van der Waals surface area contributed by atoms with Gasteiger partial charge in [-0.1, -0.05) is 31.2 Å². The highest BCUT2D eigenvalue weighted by molar-refractivity contribution is 6.21. The molecule has 0 amide bonds. The highest BCUT2D eigenvalue weighted by atomic mass is 16.4. The Bertz CT molecular complexity index is 557. The number of carboxylic acid groups (broad SMARTS) is 1. The molecule has 3 N–H and O–H groups in total. The second-order valence-corrected chi connectivity index (χ2v) is 4.96. The SMILES string of the molecule is CCCN[C@@H](CCO)C(=O)O.O=C1C=CC(=O)c2ccccc21. The summed E-state index contributed by atoms with van der Waals surface area (Å²) in [4.78, 5) is 32.8. The van der Waals surface area contributed by atoms with Gasteiger partial charge in [0.15, 0.2) is 11.6 Å². The number of nitrogens with one attached hydrogen (secondary N) is 1. The Morgan fingerprint density at radius 3 is 2.04 bits per heavy atom. The van der Waals surface area contributed by atoms with E-state index < -0.39 is 12.0 Å². The number of carboxylic acids is 1. The molecule has 0 radical (unpaired) electrons. The maximum atomic E-state index is 11.2. The Kier molecular flexibility index (Phi) is 7.87. The number of carbonyl (C=O) groups is 3. The van der Waals surface area contributed by atoms with E-state index in [0.717, 1.165) is 6.42 Å². The van der Waals surface area contributed by atoms with Crippen molar-refractivity contribution in [3.63, 3.8) is 0 Å². The van der Waals surface area contributed by atoms with Crippen LogP contribution < -0.4 is 5.32 Å². The van der Waals surface area contributed by atoms with Gasteiger partial charge in [-0.2, -0.15) is 0 Å². The lowest BCUT2D eigenvalue weighted by molar-refractivity contribution is -0.139. The fourth-order valence-corrected chi connectivity index (χ4v) is 2.00. The molecule has 1 aliphatic carbocycles. The number of benzene rings is 1. The lowest BCUT2D eigenvalue weighted by Crippen LogP contribution is -2.37. The van der Waals surface area contributed by atoms with Gasteiger partial charge in [-0.15, -0.1) is 0 Å². The van der Waals surface area contributed by atoms with Gasteiger partial charge in [0.1, 0.15) is 6.04 Å². The van der Waals surface area contributed by atoms with E-state index in [0.29, 0.717) is 17.7 Å². The van der Waals surface area contributed by atoms with Crippen LogP contribution in [0.5, 0.6) is 0 Å². The van der Waals surface area contributed by atoms with Gasteiger partial charge in [-0.3, -0.25) is 14.4 Å². The normalized spacial score (nSPS) is 13.8. The van der Waals surface area contributed by atoms with Crippen molar-refractivity contribution in [1.29, 1.82) is 0 Å². The summed E-state index contributed by atoms with van der Waals surface area (Å²) >= 11 is 0. The van der Waals surface area contributed by atoms with Crippen LogP contribution >= 0.6 is 0 Å². The van der Waals surface area contributed by atoms with Gasteiger partial charge in [0, 0.05) is 17.7 Å². The number of fused-ring (bicyclic) bond motifs is 1. The van der Waals surface area contributed by atoms with E-state index in [2.05, 4.69) is 5.32 Å². The van der Waals surface area contributed by atoms with E-state index >= 15 is 0 Å². The molecule has 6 heteroatoms. The van der Waals surface area contributed by atoms with E-state index in [1.807, 2.05) is 6.92 Å². The summed E-state index contributed by atoms with van der Waals surface area (Å²) in [5.41, 5.74) is 1.01. The average Bonchev–Trinajstić information content (AvgIpc) is 2.55. The lowest BCUT2D eigenvalue weighted by atomic mass is 9.95. The van der Waals surface area contributed by atoms with Crippen molar-refractivity contribution in [2.75, 3.05) is 13.2 Å². The molecule has 6 nitrogen and oxygen atoms in total. The van der Waals surface area contributed by atoms with E-state index in [9.17, 15) is 14.4 Å². The highest BCUT2D eigenvalue weighted by Gasteiger charge is 2.17. The topological polar surface area (TPSA) is 104 Å². The Morgan fingerprint density at radius 1 is 1.13 bits per heavy atom. The minimum atomic E-state index is -0.896. The van der Waals surface area contributed by atoms with Crippen molar-refractivity contribution in [2.45, 2.75) is 25.8 Å². The Hall–Kier alpha value is -2.31. The molecule has 1 aromatic rings. The van der Waals surface area contributed by atoms with Crippen LogP contribution in [0.2, 0.25) is 0 Å². The van der Waals surface area contributed by atoms with Crippen LogP contribution in [0.4, 0.5) is 0 Å². The maximum Gasteiger partial charge on any atom is 0.320 e. The molecule has 1 aromatic carbocycles. The monoisotopic (exact) mass is 319 g/mol. The van der Waals surface area contributed by atoms with Gasteiger partial charge in [0.25, 0.3) is 0 Å². The third-order valence-corrected chi connectivity index (χ3v) is 3.20. The van der Waals surface area contributed by atoms with Gasteiger partial charge in [0.2, 0.25) is 0 Å². The smallest absolute Gasteiger partial charge is 0.320 e. The molecule has 124 valence electrons. The van der Waals surface area contributed by atoms with Crippen molar-refractivity contribution in [1.82, 2.24) is 5.32 Å². The second-order valence-electron chi connectivity index (χ2n) is 4.96. The number of carbonyl (C=O) groups excluding carboxylic acids is 2. The summed E-state index contributed by atoms with van der Waals surface area (Å²) in [5.74, 6) is -1.08. The van der Waals surface area contributed by atoms with E-state index in [1.165, 1.54) is 12.2 Å². The van der Waals surface area contributed by atoms with Crippen molar-refractivity contribution >= 4 is 17.5 Å². The predicted octanol–water partition coefficient (Wildman–Crippen LogP) is 1.44. The molecule has 0 spiro atoms. The fraction of sp³-hybridized carbons (Fsp3) is 0.353. The molecule has 1 aliphatic rings. The van der Waals surface area contributed by atoms with Crippen LogP contribution in [0, 0.1) is 0 Å². The van der Waals surface area contributed by atoms with Crippen LogP contribution in [-0.4, -0.2) is 46.9 Å². The third kappa shape index (κ3) is 5.77. The number of aliphatic hydroxyl groups is 1. The van der Waals surface area contributed by atoms with Crippen molar-refractivity contribution in [3.05, 3.63) is 47.5 Å². The first-order valence-corrected chi connectivity index (χ1v) is 7.44. The molecule has 0 heterocycles. The molecule has 2 rings (SSSR count). The Balaban J connectivity index is 0.000000232. The number of hydrogen-bond donors (Lipinski definition) is 3. The average molecular weight is 319 g/mol. The molecule has 0 saturated heterocycles. The number of hydrogen-bond acceptors (Lipinski definition) is 5. The molecule has 0 aromatic heterocycles. The molecular weight excluding hydrogens is 298 g/mol. The lowest BCUT2D eigenvalue weighted by Gasteiger charge is -2.11. The quantitative estimate of drug-likeness (QED) is 0.733. The number of allylic oxidation sites excluding steroid dienone is 2. The van der Waals surface area contributed by atoms with E-state index in [4.69, 9.17) is 10.2 Å². The van der Waals surface area contributed by atoms with Crippen LogP contribution in [-0.2, 0) is 4.79 Å². The summed E-state index contributed by atoms with van der Waals surface area (Å²) in [6, 6.07) is 6.24. The highest BCUT2D eigenvalue weighted by Crippen LogP contribution is 2.15. The molecule has 23 heavy (non-hydrogen) atoms. The molecule has 0 aliphatic heterocycles. The minimum Gasteiger partial charge on any atom is -0.480 e. The van der Waals surface area contributed by atoms with Gasteiger partial charge in [0.05, 0.1) is 0 Å². The zero-order chi connectivity index (χ0) is 17.2. The Labute approximate surface area is 134 Å². The molecule has 0 unspecified atom stereocenters. The number of aliphatic hydroxyl groups excluding tert-OH is 1. The van der Waals surface area contributed by atoms with Crippen LogP contribution in [0.3, 0.4) is 0 Å². The van der Waals surface area contributed by atoms with Gasteiger partial charge in [-0.05, 0) is 31.5 Å². The largest absolute Gasteiger partial charge is 0.480 e. The molecule has 0 fully saturated rings. The van der Waals surface area contributed by atoms with Crippen molar-refractivity contribution in [2.24, 2.45) is 0 Å². The molecule has 1 atom stereocenters. The zero-order valence-corrected chi connectivity index (χ0v) is 13.0. The van der Waals surface area contributed by atoms with Crippen LogP contribution in [0.1, 0.15) is 40.5 Å². The number of aliphatic carboxylic acids is 1. The van der Waals surface area contributed by atoms with E-state index in [1.54, 1.807) is 24.3 Å². The number of rotatable bonds is 6. The van der Waals surface area contributed by atoms with Crippen LogP contribution in [0.15, 0.2) is 36.4 Å². The Morgan fingerprint density at radius 2 is 1.65 bits per heavy atom. The molecule has 0 saturated carbocycles. The standard InChI is InChI=1S/C10H6O2.C7H15NO3/c11-9-5-6-10(12)8-4-2-1-3-7(8)9;1-2-4-8-6(3-5-9)7(10)11/h1-6H;6,8-9H,2-5H2,1H3,(H,10,11)/t;6-/m.0/s1. The third-order valence-electron chi connectivity index (χ3n) is 3.20. The fourth-order valence-electron chi connectivity index (χ4n) is 2.00.